The number of hydrogen-bond donors (Lipinski definition) is 0. The Morgan fingerprint density at radius 3 is 2.68 bits per heavy atom. The highest BCUT2D eigenvalue weighted by molar-refractivity contribution is 7.89. The first-order valence-electron chi connectivity index (χ1n) is 6.16. The van der Waals surface area contributed by atoms with Crippen molar-refractivity contribution in [3.63, 3.8) is 0 Å². The molecular formula is C12H17N3O3S. The predicted octanol–water partition coefficient (Wildman–Crippen LogP) is 0.324. The molecule has 1 amide bonds. The molecule has 0 bridgehead atoms. The smallest absolute Gasteiger partial charge is 0.244 e. The maximum Gasteiger partial charge on any atom is 0.244 e. The lowest BCUT2D eigenvalue weighted by atomic mass is 10.4. The van der Waals surface area contributed by atoms with Crippen LogP contribution in [0, 0.1) is 0 Å². The molecule has 0 aromatic carbocycles. The third-order valence-electron chi connectivity index (χ3n) is 3.16. The van der Waals surface area contributed by atoms with E-state index in [2.05, 4.69) is 4.98 Å². The molecule has 0 saturated carbocycles. The SMILES string of the molecule is CN(CC(=O)N1CCCC1)S(=O)(=O)c1cccnc1. The minimum Gasteiger partial charge on any atom is -0.342 e. The number of nitrogens with zero attached hydrogens (tertiary/aromatic N) is 3. The number of amides is 1. The molecule has 104 valence electrons. The van der Waals surface area contributed by atoms with Crippen LogP contribution in [0.4, 0.5) is 0 Å². The predicted molar refractivity (Wildman–Crippen MR) is 69.9 cm³/mol. The second-order valence-corrected chi connectivity index (χ2v) is 6.58. The summed E-state index contributed by atoms with van der Waals surface area (Å²) in [4.78, 5) is 17.5. The van der Waals surface area contributed by atoms with E-state index < -0.39 is 10.0 Å². The number of sulfonamides is 1. The van der Waals surface area contributed by atoms with E-state index >= 15 is 0 Å². The van der Waals surface area contributed by atoms with Gasteiger partial charge in [0, 0.05) is 32.5 Å². The fraction of sp³-hybridized carbons (Fsp3) is 0.500. The van der Waals surface area contributed by atoms with Gasteiger partial charge in [0.15, 0.2) is 0 Å². The number of pyridine rings is 1. The van der Waals surface area contributed by atoms with Gasteiger partial charge in [-0.2, -0.15) is 4.31 Å². The van der Waals surface area contributed by atoms with E-state index in [1.54, 1.807) is 11.0 Å². The quantitative estimate of drug-likeness (QED) is 0.798. The summed E-state index contributed by atoms with van der Waals surface area (Å²) in [6, 6.07) is 3.03. The Balaban J connectivity index is 2.07. The van der Waals surface area contributed by atoms with Gasteiger partial charge in [0.2, 0.25) is 15.9 Å². The van der Waals surface area contributed by atoms with Crippen molar-refractivity contribution in [1.82, 2.24) is 14.2 Å². The van der Waals surface area contributed by atoms with E-state index in [1.807, 2.05) is 0 Å². The number of likely N-dealkylation sites (N-methyl/N-ethyl adjacent to an activating group) is 1. The molecule has 1 fully saturated rings. The number of aromatic nitrogens is 1. The average Bonchev–Trinajstić information content (AvgIpc) is 2.93. The van der Waals surface area contributed by atoms with E-state index in [4.69, 9.17) is 0 Å². The molecule has 0 atom stereocenters. The summed E-state index contributed by atoms with van der Waals surface area (Å²) in [7, 11) is -2.23. The van der Waals surface area contributed by atoms with Gasteiger partial charge in [0.05, 0.1) is 6.54 Å². The fourth-order valence-corrected chi connectivity index (χ4v) is 3.11. The molecule has 19 heavy (non-hydrogen) atoms. The van der Waals surface area contributed by atoms with Crippen LogP contribution in [-0.2, 0) is 14.8 Å². The fourth-order valence-electron chi connectivity index (χ4n) is 2.02. The van der Waals surface area contributed by atoms with Crippen LogP contribution in [0.3, 0.4) is 0 Å². The Kier molecular flexibility index (Phi) is 4.16. The third kappa shape index (κ3) is 3.10. The molecule has 0 N–H and O–H groups in total. The van der Waals surface area contributed by atoms with Gasteiger partial charge >= 0.3 is 0 Å². The maximum absolute atomic E-state index is 12.2. The van der Waals surface area contributed by atoms with Crippen molar-refractivity contribution in [1.29, 1.82) is 0 Å². The molecule has 2 heterocycles. The minimum absolute atomic E-state index is 0.103. The van der Waals surface area contributed by atoms with Crippen LogP contribution in [0.5, 0.6) is 0 Å². The van der Waals surface area contributed by atoms with Crippen LogP contribution in [-0.4, -0.2) is 55.2 Å². The molecule has 7 heteroatoms. The summed E-state index contributed by atoms with van der Waals surface area (Å²) in [5.41, 5.74) is 0. The van der Waals surface area contributed by atoms with Gasteiger partial charge < -0.3 is 4.90 Å². The molecule has 1 aliphatic rings. The molecule has 0 unspecified atom stereocenters. The van der Waals surface area contributed by atoms with Gasteiger partial charge in [-0.1, -0.05) is 0 Å². The first-order chi connectivity index (χ1) is 9.01. The van der Waals surface area contributed by atoms with E-state index in [0.29, 0.717) is 0 Å². The topological polar surface area (TPSA) is 70.6 Å². The normalized spacial score (nSPS) is 16.0. The lowest BCUT2D eigenvalue weighted by Crippen LogP contribution is -2.39. The number of carbonyl (C=O) groups is 1. The first kappa shape index (κ1) is 14.0. The van der Waals surface area contributed by atoms with Crippen molar-refractivity contribution in [2.45, 2.75) is 17.7 Å². The van der Waals surface area contributed by atoms with Crippen LogP contribution in [0.1, 0.15) is 12.8 Å². The van der Waals surface area contributed by atoms with Crippen LogP contribution >= 0.6 is 0 Å². The summed E-state index contributed by atoms with van der Waals surface area (Å²) in [6.45, 7) is 1.32. The molecule has 1 aliphatic heterocycles. The van der Waals surface area contributed by atoms with Crippen molar-refractivity contribution >= 4 is 15.9 Å². The summed E-state index contributed by atoms with van der Waals surface area (Å²) in [6.07, 6.45) is 4.77. The van der Waals surface area contributed by atoms with Crippen LogP contribution < -0.4 is 0 Å². The van der Waals surface area contributed by atoms with Crippen LogP contribution in [0.25, 0.3) is 0 Å². The number of carbonyl (C=O) groups excluding carboxylic acids is 1. The van der Waals surface area contributed by atoms with Crippen molar-refractivity contribution in [2.24, 2.45) is 0 Å². The molecule has 2 rings (SSSR count). The Bertz CT molecular complexity index is 539. The zero-order valence-electron chi connectivity index (χ0n) is 10.8. The van der Waals surface area contributed by atoms with Crippen molar-refractivity contribution in [2.75, 3.05) is 26.7 Å². The molecule has 1 aromatic rings. The van der Waals surface area contributed by atoms with Gasteiger partial charge in [0.1, 0.15) is 4.90 Å². The third-order valence-corrected chi connectivity index (χ3v) is 4.95. The van der Waals surface area contributed by atoms with Crippen molar-refractivity contribution in [3.8, 4) is 0 Å². The first-order valence-corrected chi connectivity index (χ1v) is 7.60. The lowest BCUT2D eigenvalue weighted by molar-refractivity contribution is -0.130. The number of rotatable bonds is 4. The standard InChI is InChI=1S/C12H17N3O3S/c1-14(10-12(16)15-7-2-3-8-15)19(17,18)11-5-4-6-13-9-11/h4-6,9H,2-3,7-8,10H2,1H3. The van der Waals surface area contributed by atoms with E-state index in [0.717, 1.165) is 30.2 Å². The summed E-state index contributed by atoms with van der Waals surface area (Å²) >= 11 is 0. The lowest BCUT2D eigenvalue weighted by Gasteiger charge is -2.20. The molecule has 0 aliphatic carbocycles. The highest BCUT2D eigenvalue weighted by Gasteiger charge is 2.26. The van der Waals surface area contributed by atoms with Gasteiger partial charge in [-0.05, 0) is 25.0 Å². The maximum atomic E-state index is 12.2. The Hall–Kier alpha value is -1.47. The molecule has 0 radical (unpaired) electrons. The Morgan fingerprint density at radius 1 is 1.42 bits per heavy atom. The minimum atomic E-state index is -3.64. The van der Waals surface area contributed by atoms with Gasteiger partial charge in [-0.25, -0.2) is 8.42 Å². The van der Waals surface area contributed by atoms with Crippen LogP contribution in [0.15, 0.2) is 29.4 Å². The average molecular weight is 283 g/mol. The van der Waals surface area contributed by atoms with E-state index in [-0.39, 0.29) is 17.3 Å². The zero-order chi connectivity index (χ0) is 13.9. The van der Waals surface area contributed by atoms with E-state index in [1.165, 1.54) is 25.5 Å². The number of likely N-dealkylation sites (tertiary alicyclic amines) is 1. The molecule has 1 saturated heterocycles. The second-order valence-electron chi connectivity index (χ2n) is 4.54. The molecule has 0 spiro atoms. The zero-order valence-corrected chi connectivity index (χ0v) is 11.6. The number of hydrogen-bond acceptors (Lipinski definition) is 4. The largest absolute Gasteiger partial charge is 0.342 e. The van der Waals surface area contributed by atoms with Crippen molar-refractivity contribution in [3.05, 3.63) is 24.5 Å². The molecular weight excluding hydrogens is 266 g/mol. The Morgan fingerprint density at radius 2 is 2.11 bits per heavy atom. The van der Waals surface area contributed by atoms with E-state index in [9.17, 15) is 13.2 Å². The van der Waals surface area contributed by atoms with Gasteiger partial charge in [0.25, 0.3) is 0 Å². The summed E-state index contributed by atoms with van der Waals surface area (Å²) in [5, 5.41) is 0. The van der Waals surface area contributed by atoms with Crippen molar-refractivity contribution < 1.29 is 13.2 Å². The summed E-state index contributed by atoms with van der Waals surface area (Å²) < 4.78 is 25.5. The second kappa shape index (κ2) is 5.66. The molecule has 6 nitrogen and oxygen atoms in total. The highest BCUT2D eigenvalue weighted by atomic mass is 32.2. The Labute approximate surface area is 113 Å². The monoisotopic (exact) mass is 283 g/mol. The van der Waals surface area contributed by atoms with Gasteiger partial charge in [-0.3, -0.25) is 9.78 Å². The van der Waals surface area contributed by atoms with Crippen LogP contribution in [0.2, 0.25) is 0 Å². The highest BCUT2D eigenvalue weighted by Crippen LogP contribution is 2.13. The van der Waals surface area contributed by atoms with Gasteiger partial charge in [-0.15, -0.1) is 0 Å². The summed E-state index contributed by atoms with van der Waals surface area (Å²) in [5.74, 6) is -0.146. The molecule has 1 aromatic heterocycles.